The van der Waals surface area contributed by atoms with Gasteiger partial charge in [0.2, 0.25) is 0 Å². The van der Waals surface area contributed by atoms with Crippen LogP contribution in [0.4, 0.5) is 0 Å². The summed E-state index contributed by atoms with van der Waals surface area (Å²) in [6.45, 7) is 0. The maximum atomic E-state index is 5.78. The Morgan fingerprint density at radius 2 is 0.833 bits per heavy atom. The highest BCUT2D eigenvalue weighted by atomic mass is 31.1. The van der Waals surface area contributed by atoms with Crippen LogP contribution in [0, 0.1) is 0 Å². The maximum absolute atomic E-state index is 5.78. The molecule has 0 radical (unpaired) electrons. The molecule has 4 rings (SSSR count). The number of nitrogens with one attached hydrogen (secondary N) is 1. The monoisotopic (exact) mass is 510 g/mol. The lowest BCUT2D eigenvalue weighted by Crippen LogP contribution is -2.27. The smallest absolute Gasteiger partial charge is 0.130 e. The van der Waals surface area contributed by atoms with E-state index in [1.807, 2.05) is 54.6 Å². The third-order valence-corrected chi connectivity index (χ3v) is 7.95. The molecule has 0 amide bonds. The largest absolute Gasteiger partial charge is 0.496 e. The van der Waals surface area contributed by atoms with Crippen molar-refractivity contribution in [1.82, 2.24) is 9.97 Å². The van der Waals surface area contributed by atoms with Gasteiger partial charge in [-0.15, -0.1) is 0 Å². The van der Waals surface area contributed by atoms with E-state index in [0.717, 1.165) is 15.9 Å². The van der Waals surface area contributed by atoms with E-state index in [-0.39, 0.29) is 0 Å². The molecular weight excluding hydrogens is 479 g/mol. The third kappa shape index (κ3) is 5.66. The molecule has 36 heavy (non-hydrogen) atoms. The fraction of sp³-hybridized carbons (Fsp3) is 0.222. The molecule has 0 unspecified atom stereocenters. The lowest BCUT2D eigenvalue weighted by Gasteiger charge is -2.28. The van der Waals surface area contributed by atoms with Crippen LogP contribution in [-0.2, 0) is 0 Å². The van der Waals surface area contributed by atoms with Crippen LogP contribution in [0.3, 0.4) is 0 Å². The molecule has 0 bridgehead atoms. The Labute approximate surface area is 212 Å². The zero-order valence-corrected chi connectivity index (χ0v) is 22.2. The number of rotatable bonds is 9. The standard InChI is InChI=1S/C24H27O6P.C3H4N2/c1-25-16-10-7-11-17(26-2)22(16)31(23-18(27-3)12-8-13-19(23)28-4)24-20(29-5)14-9-15-21(24)30-6;1-2-5-3-4-1/h7-15H,1-6H3;1-3H,(H,4,5). The average molecular weight is 511 g/mol. The fourth-order valence-corrected chi connectivity index (χ4v) is 6.69. The second-order valence-electron chi connectivity index (χ2n) is 7.13. The zero-order chi connectivity index (χ0) is 25.9. The molecule has 0 aliphatic rings. The number of hydrogen-bond acceptors (Lipinski definition) is 7. The number of methoxy groups -OCH3 is 6. The summed E-state index contributed by atoms with van der Waals surface area (Å²) in [6.07, 6.45) is 5.08. The van der Waals surface area contributed by atoms with Crippen LogP contribution < -0.4 is 44.3 Å². The highest BCUT2D eigenvalue weighted by molar-refractivity contribution is 7.81. The van der Waals surface area contributed by atoms with Gasteiger partial charge >= 0.3 is 0 Å². The van der Waals surface area contributed by atoms with Gasteiger partial charge in [-0.05, 0) is 36.4 Å². The molecule has 1 aromatic heterocycles. The molecule has 1 heterocycles. The van der Waals surface area contributed by atoms with E-state index in [0.29, 0.717) is 34.5 Å². The van der Waals surface area contributed by atoms with E-state index in [1.165, 1.54) is 0 Å². The lowest BCUT2D eigenvalue weighted by atomic mass is 10.3. The number of aromatic amines is 1. The quantitative estimate of drug-likeness (QED) is 0.342. The van der Waals surface area contributed by atoms with Crippen LogP contribution in [0.1, 0.15) is 0 Å². The van der Waals surface area contributed by atoms with Crippen LogP contribution in [0.2, 0.25) is 0 Å². The molecular formula is C27H31N2O6P. The summed E-state index contributed by atoms with van der Waals surface area (Å²) in [7, 11) is 8.51. The van der Waals surface area contributed by atoms with Crippen molar-refractivity contribution in [2.75, 3.05) is 42.7 Å². The van der Waals surface area contributed by atoms with Gasteiger partial charge in [0.25, 0.3) is 0 Å². The Morgan fingerprint density at radius 1 is 0.528 bits per heavy atom. The Morgan fingerprint density at radius 3 is 1.00 bits per heavy atom. The minimum atomic E-state index is -1.36. The molecule has 0 saturated carbocycles. The summed E-state index contributed by atoms with van der Waals surface area (Å²) in [5.41, 5.74) is 0. The summed E-state index contributed by atoms with van der Waals surface area (Å²) in [5.74, 6) is 4.12. The molecule has 1 N–H and O–H groups in total. The van der Waals surface area contributed by atoms with Gasteiger partial charge in [-0.25, -0.2) is 4.98 Å². The summed E-state index contributed by atoms with van der Waals surface area (Å²) >= 11 is 0. The molecule has 4 aromatic rings. The minimum absolute atomic E-state index is 0.686. The zero-order valence-electron chi connectivity index (χ0n) is 21.3. The first-order valence-corrected chi connectivity index (χ1v) is 12.3. The second kappa shape index (κ2) is 13.3. The number of H-pyrrole nitrogens is 1. The van der Waals surface area contributed by atoms with Gasteiger partial charge in [0.05, 0.1) is 64.9 Å². The average Bonchev–Trinajstić information content (AvgIpc) is 3.53. The predicted octanol–water partition coefficient (Wildman–Crippen LogP) is 3.91. The summed E-state index contributed by atoms with van der Waals surface area (Å²) < 4.78 is 34.7. The van der Waals surface area contributed by atoms with Crippen LogP contribution >= 0.6 is 7.92 Å². The number of aromatic nitrogens is 2. The van der Waals surface area contributed by atoms with E-state index < -0.39 is 7.92 Å². The lowest BCUT2D eigenvalue weighted by molar-refractivity contribution is 0.398. The van der Waals surface area contributed by atoms with Crippen LogP contribution in [0.25, 0.3) is 0 Å². The van der Waals surface area contributed by atoms with E-state index in [1.54, 1.807) is 61.4 Å². The summed E-state index contributed by atoms with van der Waals surface area (Å²) in [4.78, 5) is 6.42. The number of benzene rings is 3. The first-order chi connectivity index (χ1) is 17.6. The summed E-state index contributed by atoms with van der Waals surface area (Å²) in [5, 5.41) is 2.61. The van der Waals surface area contributed by atoms with Crippen molar-refractivity contribution >= 4 is 23.8 Å². The van der Waals surface area contributed by atoms with Gasteiger partial charge in [0.1, 0.15) is 34.5 Å². The molecule has 8 nitrogen and oxygen atoms in total. The Balaban J connectivity index is 0.000000642. The van der Waals surface area contributed by atoms with Crippen LogP contribution in [0.5, 0.6) is 34.5 Å². The number of imidazole rings is 1. The van der Waals surface area contributed by atoms with Gasteiger partial charge in [-0.2, -0.15) is 0 Å². The van der Waals surface area contributed by atoms with Gasteiger partial charge in [0.15, 0.2) is 0 Å². The first kappa shape index (κ1) is 26.7. The van der Waals surface area contributed by atoms with Crippen LogP contribution in [-0.4, -0.2) is 52.6 Å². The molecule has 0 atom stereocenters. The molecule has 190 valence electrons. The van der Waals surface area contributed by atoms with Gasteiger partial charge < -0.3 is 33.4 Å². The molecule has 0 fully saturated rings. The minimum Gasteiger partial charge on any atom is -0.496 e. The second-order valence-corrected chi connectivity index (χ2v) is 9.14. The Hall–Kier alpha value is -3.90. The topological polar surface area (TPSA) is 84.1 Å². The van der Waals surface area contributed by atoms with Crippen molar-refractivity contribution in [3.8, 4) is 34.5 Å². The van der Waals surface area contributed by atoms with Crippen molar-refractivity contribution in [3.63, 3.8) is 0 Å². The van der Waals surface area contributed by atoms with Gasteiger partial charge in [-0.3, -0.25) is 0 Å². The van der Waals surface area contributed by atoms with E-state index in [2.05, 4.69) is 9.97 Å². The molecule has 0 saturated heterocycles. The van der Waals surface area contributed by atoms with Gasteiger partial charge in [-0.1, -0.05) is 18.2 Å². The maximum Gasteiger partial charge on any atom is 0.130 e. The summed E-state index contributed by atoms with van der Waals surface area (Å²) in [6, 6.07) is 17.2. The molecule has 0 aliphatic carbocycles. The number of nitrogens with zero attached hydrogens (tertiary/aromatic N) is 1. The van der Waals surface area contributed by atoms with E-state index >= 15 is 0 Å². The van der Waals surface area contributed by atoms with E-state index in [9.17, 15) is 0 Å². The SMILES string of the molecule is COc1cccc(OC)c1P(c1c(OC)cccc1OC)c1c(OC)cccc1OC.c1c[nH]cn1. The normalized spacial score (nSPS) is 10.2. The van der Waals surface area contributed by atoms with Crippen molar-refractivity contribution in [1.29, 1.82) is 0 Å². The van der Waals surface area contributed by atoms with Crippen molar-refractivity contribution in [2.24, 2.45) is 0 Å². The number of ether oxygens (including phenoxy) is 6. The number of hydrogen-bond donors (Lipinski definition) is 1. The Kier molecular flexibility index (Phi) is 9.83. The highest BCUT2D eigenvalue weighted by Crippen LogP contribution is 2.49. The highest BCUT2D eigenvalue weighted by Gasteiger charge is 2.34. The fourth-order valence-electron chi connectivity index (χ4n) is 3.71. The van der Waals surface area contributed by atoms with Crippen molar-refractivity contribution in [3.05, 3.63) is 73.3 Å². The van der Waals surface area contributed by atoms with E-state index in [4.69, 9.17) is 28.4 Å². The first-order valence-electron chi connectivity index (χ1n) is 11.0. The van der Waals surface area contributed by atoms with Crippen LogP contribution in [0.15, 0.2) is 73.3 Å². The van der Waals surface area contributed by atoms with Crippen molar-refractivity contribution < 1.29 is 28.4 Å². The molecule has 0 spiro atoms. The van der Waals surface area contributed by atoms with Gasteiger partial charge in [0, 0.05) is 20.3 Å². The molecule has 0 aliphatic heterocycles. The van der Waals surface area contributed by atoms with Crippen molar-refractivity contribution in [2.45, 2.75) is 0 Å². The Bertz CT molecular complexity index is 1020. The third-order valence-electron chi connectivity index (χ3n) is 5.28. The predicted molar refractivity (Wildman–Crippen MR) is 143 cm³/mol. The molecule has 3 aromatic carbocycles. The molecule has 9 heteroatoms.